The maximum Gasteiger partial charge on any atom is 0.259 e. The SMILES string of the molecule is Cc1cc(F)c(C(=O)Nc2cccc(-n3nnc4c3CCCCCC4)n2)cc1-n1cnc(C2CC2)c1. The number of halogens is 1. The maximum atomic E-state index is 14.9. The summed E-state index contributed by atoms with van der Waals surface area (Å²) in [4.78, 5) is 22.2. The highest BCUT2D eigenvalue weighted by molar-refractivity contribution is 6.04. The number of benzene rings is 1. The molecule has 0 radical (unpaired) electrons. The van der Waals surface area contributed by atoms with Crippen molar-refractivity contribution in [2.24, 2.45) is 0 Å². The molecule has 0 spiro atoms. The predicted octanol–water partition coefficient (Wildman–Crippen LogP) is 5.08. The third kappa shape index (κ3) is 4.41. The molecule has 0 unspecified atom stereocenters. The molecule has 0 atom stereocenters. The van der Waals surface area contributed by atoms with Gasteiger partial charge >= 0.3 is 0 Å². The molecule has 1 saturated carbocycles. The van der Waals surface area contributed by atoms with Crippen LogP contribution in [0, 0.1) is 12.7 Å². The van der Waals surface area contributed by atoms with Crippen molar-refractivity contribution in [2.75, 3.05) is 5.32 Å². The number of nitrogens with zero attached hydrogens (tertiary/aromatic N) is 6. The molecule has 0 saturated heterocycles. The fourth-order valence-electron chi connectivity index (χ4n) is 4.87. The molecule has 3 aromatic heterocycles. The molecule has 6 rings (SSSR count). The number of fused-ring (bicyclic) bond motifs is 1. The van der Waals surface area contributed by atoms with E-state index in [1.807, 2.05) is 23.8 Å². The first-order chi connectivity index (χ1) is 17.6. The normalized spacial score (nSPS) is 15.7. The van der Waals surface area contributed by atoms with Crippen LogP contribution in [-0.2, 0) is 12.8 Å². The van der Waals surface area contributed by atoms with Crippen molar-refractivity contribution < 1.29 is 9.18 Å². The van der Waals surface area contributed by atoms with Crippen LogP contribution in [0.1, 0.15) is 77.4 Å². The average Bonchev–Trinajstić information content (AvgIpc) is 3.45. The Morgan fingerprint density at radius 2 is 1.94 bits per heavy atom. The first-order valence-corrected chi connectivity index (χ1v) is 12.6. The number of anilines is 1. The molecule has 1 N–H and O–H groups in total. The minimum Gasteiger partial charge on any atom is -0.306 e. The summed E-state index contributed by atoms with van der Waals surface area (Å²) in [5, 5.41) is 11.5. The molecule has 3 heterocycles. The van der Waals surface area contributed by atoms with E-state index in [0.29, 0.717) is 17.6 Å². The van der Waals surface area contributed by atoms with Crippen LogP contribution < -0.4 is 5.32 Å². The fourth-order valence-corrected chi connectivity index (χ4v) is 4.87. The van der Waals surface area contributed by atoms with Crippen LogP contribution in [0.5, 0.6) is 0 Å². The first-order valence-electron chi connectivity index (χ1n) is 12.6. The zero-order chi connectivity index (χ0) is 24.6. The van der Waals surface area contributed by atoms with Crippen molar-refractivity contribution in [1.29, 1.82) is 0 Å². The number of amides is 1. The monoisotopic (exact) mass is 485 g/mol. The lowest BCUT2D eigenvalue weighted by molar-refractivity contribution is 0.102. The lowest BCUT2D eigenvalue weighted by atomic mass is 10.0. The number of pyridine rings is 1. The molecule has 0 aliphatic heterocycles. The largest absolute Gasteiger partial charge is 0.306 e. The predicted molar refractivity (Wildman–Crippen MR) is 133 cm³/mol. The van der Waals surface area contributed by atoms with Crippen LogP contribution in [0.4, 0.5) is 10.2 Å². The summed E-state index contributed by atoms with van der Waals surface area (Å²) in [6, 6.07) is 8.29. The van der Waals surface area contributed by atoms with Crippen LogP contribution >= 0.6 is 0 Å². The molecular formula is C27H28FN7O. The van der Waals surface area contributed by atoms with E-state index in [1.165, 1.54) is 18.9 Å². The molecule has 1 amide bonds. The highest BCUT2D eigenvalue weighted by Gasteiger charge is 2.26. The van der Waals surface area contributed by atoms with Crippen molar-refractivity contribution in [3.05, 3.63) is 76.9 Å². The van der Waals surface area contributed by atoms with Crippen LogP contribution in [0.3, 0.4) is 0 Å². The van der Waals surface area contributed by atoms with Crippen LogP contribution in [0.2, 0.25) is 0 Å². The summed E-state index contributed by atoms with van der Waals surface area (Å²) < 4.78 is 18.5. The van der Waals surface area contributed by atoms with Gasteiger partial charge in [0, 0.05) is 12.1 Å². The number of aromatic nitrogens is 6. The molecule has 1 aromatic carbocycles. The van der Waals surface area contributed by atoms with Gasteiger partial charge in [0.15, 0.2) is 5.82 Å². The van der Waals surface area contributed by atoms with Gasteiger partial charge in [0.1, 0.15) is 11.6 Å². The Bertz CT molecular complexity index is 1440. The Kier molecular flexibility index (Phi) is 5.83. The van der Waals surface area contributed by atoms with Gasteiger partial charge in [0.25, 0.3) is 5.91 Å². The number of hydrogen-bond acceptors (Lipinski definition) is 5. The Labute approximate surface area is 208 Å². The van der Waals surface area contributed by atoms with E-state index < -0.39 is 11.7 Å². The smallest absolute Gasteiger partial charge is 0.259 e. The second-order valence-corrected chi connectivity index (χ2v) is 9.74. The Hall–Kier alpha value is -3.88. The van der Waals surface area contributed by atoms with E-state index in [4.69, 9.17) is 0 Å². The molecule has 36 heavy (non-hydrogen) atoms. The van der Waals surface area contributed by atoms with E-state index >= 15 is 0 Å². The zero-order valence-electron chi connectivity index (χ0n) is 20.2. The first kappa shape index (κ1) is 22.6. The van der Waals surface area contributed by atoms with Crippen LogP contribution in [0.25, 0.3) is 11.5 Å². The summed E-state index contributed by atoms with van der Waals surface area (Å²) in [6.45, 7) is 1.82. The standard InChI is InChI=1S/C27H28FN7O/c1-17-13-20(28)19(14-24(17)34-15-22(29-16-34)18-11-12-18)27(36)31-25-9-6-10-26(30-25)35-23-8-5-3-2-4-7-21(23)32-33-35/h6,9-10,13-16,18H,2-5,7-8,11-12H2,1H3,(H,30,31,36). The second-order valence-electron chi connectivity index (χ2n) is 9.74. The van der Waals surface area contributed by atoms with Gasteiger partial charge in [-0.15, -0.1) is 5.10 Å². The molecule has 2 aliphatic carbocycles. The zero-order valence-corrected chi connectivity index (χ0v) is 20.2. The van der Waals surface area contributed by atoms with E-state index in [9.17, 15) is 9.18 Å². The number of imidazole rings is 1. The van der Waals surface area contributed by atoms with E-state index in [2.05, 4.69) is 25.6 Å². The van der Waals surface area contributed by atoms with Gasteiger partial charge in [-0.05, 0) is 75.3 Å². The van der Waals surface area contributed by atoms with Crippen molar-refractivity contribution in [1.82, 2.24) is 29.5 Å². The van der Waals surface area contributed by atoms with E-state index in [1.54, 1.807) is 29.2 Å². The van der Waals surface area contributed by atoms with Gasteiger partial charge in [-0.25, -0.2) is 14.4 Å². The quantitative estimate of drug-likeness (QED) is 0.426. The lowest BCUT2D eigenvalue weighted by Crippen LogP contribution is -2.16. The Morgan fingerprint density at radius 1 is 1.11 bits per heavy atom. The number of hydrogen-bond donors (Lipinski definition) is 1. The van der Waals surface area contributed by atoms with Gasteiger partial charge in [-0.1, -0.05) is 24.1 Å². The van der Waals surface area contributed by atoms with Crippen LogP contribution in [-0.4, -0.2) is 35.4 Å². The maximum absolute atomic E-state index is 14.9. The molecule has 4 aromatic rings. The van der Waals surface area contributed by atoms with Crippen molar-refractivity contribution >= 4 is 11.7 Å². The fraction of sp³-hybridized carbons (Fsp3) is 0.370. The van der Waals surface area contributed by atoms with Crippen LogP contribution in [0.15, 0.2) is 42.9 Å². The Morgan fingerprint density at radius 3 is 2.78 bits per heavy atom. The average molecular weight is 486 g/mol. The lowest BCUT2D eigenvalue weighted by Gasteiger charge is -2.13. The summed E-state index contributed by atoms with van der Waals surface area (Å²) in [7, 11) is 0. The summed E-state index contributed by atoms with van der Waals surface area (Å²) in [6.07, 6.45) is 12.4. The van der Waals surface area contributed by atoms with Crippen molar-refractivity contribution in [2.45, 2.75) is 64.2 Å². The highest BCUT2D eigenvalue weighted by atomic mass is 19.1. The van der Waals surface area contributed by atoms with Gasteiger partial charge in [-0.2, -0.15) is 4.68 Å². The molecular weight excluding hydrogens is 457 g/mol. The van der Waals surface area contributed by atoms with Gasteiger partial charge in [-0.3, -0.25) is 4.79 Å². The van der Waals surface area contributed by atoms with Gasteiger partial charge < -0.3 is 9.88 Å². The van der Waals surface area contributed by atoms with Crippen molar-refractivity contribution in [3.63, 3.8) is 0 Å². The number of carbonyl (C=O) groups excluding carboxylic acids is 1. The third-order valence-electron chi connectivity index (χ3n) is 7.02. The van der Waals surface area contributed by atoms with E-state index in [0.717, 1.165) is 66.9 Å². The minimum atomic E-state index is -0.579. The summed E-state index contributed by atoms with van der Waals surface area (Å²) in [5.41, 5.74) is 4.54. The number of nitrogens with one attached hydrogen (secondary N) is 1. The highest BCUT2D eigenvalue weighted by Crippen LogP contribution is 2.39. The van der Waals surface area contributed by atoms with Crippen molar-refractivity contribution in [3.8, 4) is 11.5 Å². The van der Waals surface area contributed by atoms with E-state index in [-0.39, 0.29) is 5.56 Å². The molecule has 184 valence electrons. The Balaban J connectivity index is 1.26. The summed E-state index contributed by atoms with van der Waals surface area (Å²) >= 11 is 0. The molecule has 1 fully saturated rings. The third-order valence-corrected chi connectivity index (χ3v) is 7.02. The molecule has 2 aliphatic rings. The van der Waals surface area contributed by atoms with Gasteiger partial charge in [0.2, 0.25) is 0 Å². The number of rotatable bonds is 5. The number of carbonyl (C=O) groups is 1. The molecule has 8 nitrogen and oxygen atoms in total. The molecule has 0 bridgehead atoms. The topological polar surface area (TPSA) is 90.5 Å². The summed E-state index contributed by atoms with van der Waals surface area (Å²) in [5.74, 6) is 0.281. The number of aryl methyl sites for hydroxylation is 2. The second kappa shape index (κ2) is 9.29. The molecule has 9 heteroatoms. The minimum absolute atomic E-state index is 0.0460. The van der Waals surface area contributed by atoms with Gasteiger partial charge in [0.05, 0.1) is 34.7 Å².